The molecule has 11 heteroatoms. The van der Waals surface area contributed by atoms with Gasteiger partial charge in [-0.1, -0.05) is 13.0 Å². The van der Waals surface area contributed by atoms with Crippen molar-refractivity contribution in [3.8, 4) is 23.0 Å². The van der Waals surface area contributed by atoms with Crippen molar-refractivity contribution < 1.29 is 28.1 Å². The van der Waals surface area contributed by atoms with Crippen LogP contribution in [0, 0.1) is 23.5 Å². The van der Waals surface area contributed by atoms with Crippen LogP contribution >= 0.6 is 0 Å². The van der Waals surface area contributed by atoms with Gasteiger partial charge in [-0.2, -0.15) is 9.97 Å². The lowest BCUT2D eigenvalue weighted by Crippen LogP contribution is -2.46. The first-order valence-corrected chi connectivity index (χ1v) is 17.3. The molecule has 1 aliphatic carbocycles. The Morgan fingerprint density at radius 1 is 1.08 bits per heavy atom. The Morgan fingerprint density at radius 2 is 1.96 bits per heavy atom. The van der Waals surface area contributed by atoms with E-state index in [-0.39, 0.29) is 47.4 Å². The van der Waals surface area contributed by atoms with E-state index in [0.717, 1.165) is 45.1 Å². The Balaban J connectivity index is 1.27. The van der Waals surface area contributed by atoms with Crippen molar-refractivity contribution in [1.82, 2.24) is 19.9 Å². The molecule has 9 nitrogen and oxygen atoms in total. The van der Waals surface area contributed by atoms with Crippen molar-refractivity contribution in [3.05, 3.63) is 47.7 Å². The smallest absolute Gasteiger partial charge is 0.319 e. The molecule has 5 heterocycles. The number of aliphatic hydroxyl groups excluding tert-OH is 1. The van der Waals surface area contributed by atoms with Gasteiger partial charge < -0.3 is 24.2 Å². The first kappa shape index (κ1) is 31.6. The highest BCUT2D eigenvalue weighted by Crippen LogP contribution is 2.44. The number of fused-ring (bicyclic) bond motifs is 5. The molecule has 1 N–H and O–H groups in total. The third-order valence-electron chi connectivity index (χ3n) is 11.4. The van der Waals surface area contributed by atoms with Gasteiger partial charge in [0, 0.05) is 43.9 Å². The minimum atomic E-state index is -0.632. The molecular formula is C37H43F2N5O4. The summed E-state index contributed by atoms with van der Waals surface area (Å²) in [5.74, 6) is 0.494. The number of aromatic nitrogens is 3. The number of methoxy groups -OCH3 is 1. The van der Waals surface area contributed by atoms with Gasteiger partial charge in [0.2, 0.25) is 0 Å². The number of aryl methyl sites for hydroxylation is 1. The molecule has 0 amide bonds. The van der Waals surface area contributed by atoms with Crippen LogP contribution in [0.2, 0.25) is 0 Å². The zero-order valence-corrected chi connectivity index (χ0v) is 27.8. The number of anilines is 1. The molecule has 2 unspecified atom stereocenters. The molecule has 4 fully saturated rings. The first-order chi connectivity index (χ1) is 23.3. The van der Waals surface area contributed by atoms with Crippen LogP contribution in [0.1, 0.15) is 57.9 Å². The fourth-order valence-electron chi connectivity index (χ4n) is 9.12. The van der Waals surface area contributed by atoms with Crippen LogP contribution in [-0.2, 0) is 11.2 Å². The average molecular weight is 660 g/mol. The lowest BCUT2D eigenvalue weighted by Gasteiger charge is -2.34. The summed E-state index contributed by atoms with van der Waals surface area (Å²) in [7, 11) is 1.53. The third kappa shape index (κ3) is 5.25. The molecule has 254 valence electrons. The summed E-state index contributed by atoms with van der Waals surface area (Å²) < 4.78 is 49.7. The van der Waals surface area contributed by atoms with E-state index in [2.05, 4.69) is 21.7 Å². The predicted octanol–water partition coefficient (Wildman–Crippen LogP) is 6.27. The van der Waals surface area contributed by atoms with Gasteiger partial charge in [-0.05, 0) is 98.9 Å². The maximum absolute atomic E-state index is 17.1. The Bertz CT molecular complexity index is 1870. The number of aliphatic hydroxyl groups is 1. The normalized spacial score (nSPS) is 26.9. The number of halogens is 2. The third-order valence-corrected chi connectivity index (χ3v) is 11.4. The van der Waals surface area contributed by atoms with E-state index in [1.54, 1.807) is 24.4 Å². The maximum atomic E-state index is 17.1. The molecule has 48 heavy (non-hydrogen) atoms. The number of ether oxygens (including phenoxy) is 3. The van der Waals surface area contributed by atoms with Crippen molar-refractivity contribution in [2.45, 2.75) is 76.5 Å². The Morgan fingerprint density at radius 3 is 2.77 bits per heavy atom. The number of rotatable bonds is 9. The zero-order valence-electron chi connectivity index (χ0n) is 27.8. The van der Waals surface area contributed by atoms with Crippen LogP contribution in [0.3, 0.4) is 0 Å². The molecular weight excluding hydrogens is 616 g/mol. The van der Waals surface area contributed by atoms with Gasteiger partial charge in [0.25, 0.3) is 0 Å². The van der Waals surface area contributed by atoms with Gasteiger partial charge in [0.05, 0.1) is 17.0 Å². The molecule has 4 aliphatic rings. The second-order valence-electron chi connectivity index (χ2n) is 14.3. The van der Waals surface area contributed by atoms with Crippen LogP contribution in [0.5, 0.6) is 11.8 Å². The SMILES string of the molecule is CCc1c(F)ccc2cc(OCOC)cc(-c3ncc4c(N5C[C@@H]6C[C@H](C5)[C@H](O)C6)nc(OCC56CCCN5C(C)CC6)nc4c3F)c12. The Kier molecular flexibility index (Phi) is 8.12. The molecule has 2 aromatic carbocycles. The van der Waals surface area contributed by atoms with Gasteiger partial charge in [0.15, 0.2) is 12.6 Å². The predicted molar refractivity (Wildman–Crippen MR) is 179 cm³/mol. The molecule has 0 radical (unpaired) electrons. The number of pyridine rings is 1. The van der Waals surface area contributed by atoms with E-state index in [1.807, 2.05) is 6.92 Å². The molecule has 3 saturated heterocycles. The zero-order chi connectivity index (χ0) is 33.2. The summed E-state index contributed by atoms with van der Waals surface area (Å²) in [4.78, 5) is 19.0. The van der Waals surface area contributed by atoms with Crippen molar-refractivity contribution >= 4 is 27.5 Å². The van der Waals surface area contributed by atoms with Gasteiger partial charge in [-0.3, -0.25) is 9.88 Å². The lowest BCUT2D eigenvalue weighted by molar-refractivity contribution is 0.0512. The van der Waals surface area contributed by atoms with E-state index >= 15 is 8.78 Å². The second kappa shape index (κ2) is 12.3. The molecule has 3 aliphatic heterocycles. The van der Waals surface area contributed by atoms with Gasteiger partial charge in [-0.15, -0.1) is 0 Å². The van der Waals surface area contributed by atoms with E-state index in [4.69, 9.17) is 24.2 Å². The molecule has 2 aromatic heterocycles. The van der Waals surface area contributed by atoms with Gasteiger partial charge in [-0.25, -0.2) is 8.78 Å². The fourth-order valence-corrected chi connectivity index (χ4v) is 9.12. The molecule has 1 saturated carbocycles. The summed E-state index contributed by atoms with van der Waals surface area (Å²) >= 11 is 0. The van der Waals surface area contributed by atoms with E-state index in [9.17, 15) is 5.11 Å². The highest BCUT2D eigenvalue weighted by atomic mass is 19.1. The summed E-state index contributed by atoms with van der Waals surface area (Å²) in [6, 6.07) is 7.23. The summed E-state index contributed by atoms with van der Waals surface area (Å²) in [5, 5.41) is 12.4. The molecule has 5 atom stereocenters. The van der Waals surface area contributed by atoms with E-state index in [1.165, 1.54) is 13.2 Å². The van der Waals surface area contributed by atoms with Crippen LogP contribution in [0.15, 0.2) is 30.5 Å². The molecule has 0 spiro atoms. The van der Waals surface area contributed by atoms with Crippen LogP contribution in [-0.4, -0.2) is 82.8 Å². The van der Waals surface area contributed by atoms with Crippen molar-refractivity contribution in [2.24, 2.45) is 11.8 Å². The standard InChI is InChI=1S/C37H43F2N5O4/c1-4-26-29(38)7-6-23-14-25(48-20-46-3)15-27(31(23)26)33-32(39)34-28(16-40-33)35(43-17-22-12-24(18-43)30(45)13-22)42-36(41-34)47-19-37-9-5-11-44(37)21(2)8-10-37/h6-7,14-16,21-22,24,30,45H,4-5,8-13,17-20H2,1-3H3/t21?,22-,24-,30-,37?/m1/s1. The molecule has 8 rings (SSSR count). The fraction of sp³-hybridized carbons (Fsp3) is 0.541. The minimum Gasteiger partial charge on any atom is -0.468 e. The number of nitrogens with zero attached hydrogens (tertiary/aromatic N) is 5. The highest BCUT2D eigenvalue weighted by Gasteiger charge is 2.48. The summed E-state index contributed by atoms with van der Waals surface area (Å²) in [6.45, 7) is 6.97. The number of hydrogen-bond acceptors (Lipinski definition) is 9. The summed E-state index contributed by atoms with van der Waals surface area (Å²) in [5.41, 5.74) is 0.978. The van der Waals surface area contributed by atoms with E-state index in [0.29, 0.717) is 76.9 Å². The summed E-state index contributed by atoms with van der Waals surface area (Å²) in [6.07, 6.45) is 7.76. The van der Waals surface area contributed by atoms with E-state index < -0.39 is 5.82 Å². The Hall–Kier alpha value is -3.67. The minimum absolute atomic E-state index is 0.00189. The van der Waals surface area contributed by atoms with Crippen LogP contribution in [0.25, 0.3) is 32.9 Å². The highest BCUT2D eigenvalue weighted by molar-refractivity contribution is 6.01. The van der Waals surface area contributed by atoms with Crippen molar-refractivity contribution in [1.29, 1.82) is 0 Å². The maximum Gasteiger partial charge on any atom is 0.319 e. The number of hydrogen-bond donors (Lipinski definition) is 1. The van der Waals surface area contributed by atoms with Crippen molar-refractivity contribution in [2.75, 3.05) is 45.0 Å². The Labute approximate surface area is 279 Å². The quantitative estimate of drug-likeness (QED) is 0.209. The van der Waals surface area contributed by atoms with Crippen molar-refractivity contribution in [3.63, 3.8) is 0 Å². The largest absolute Gasteiger partial charge is 0.468 e. The average Bonchev–Trinajstić information content (AvgIpc) is 3.73. The number of piperidine rings is 1. The van der Waals surface area contributed by atoms with Gasteiger partial charge in [0.1, 0.15) is 35.2 Å². The molecule has 2 bridgehead atoms. The van der Waals surface area contributed by atoms with Crippen LogP contribution in [0.4, 0.5) is 14.6 Å². The van der Waals surface area contributed by atoms with Crippen LogP contribution < -0.4 is 14.4 Å². The topological polar surface area (TPSA) is 93.1 Å². The lowest BCUT2D eigenvalue weighted by atomic mass is 9.94. The van der Waals surface area contributed by atoms with Gasteiger partial charge >= 0.3 is 6.01 Å². The monoisotopic (exact) mass is 659 g/mol. The molecule has 4 aromatic rings. The second-order valence-corrected chi connectivity index (χ2v) is 14.3. The first-order valence-electron chi connectivity index (χ1n) is 17.3. The number of benzene rings is 2.